The zero-order chi connectivity index (χ0) is 17.3. The van der Waals surface area contributed by atoms with Gasteiger partial charge in [-0.25, -0.2) is 4.79 Å². The van der Waals surface area contributed by atoms with Crippen molar-refractivity contribution < 1.29 is 24.9 Å². The molecule has 0 bridgehead atoms. The van der Waals surface area contributed by atoms with E-state index in [1.54, 1.807) is 13.8 Å². The first-order chi connectivity index (χ1) is 10.7. The lowest BCUT2D eigenvalue weighted by Gasteiger charge is -2.26. The maximum atomic E-state index is 12.5. The van der Waals surface area contributed by atoms with Crippen molar-refractivity contribution in [2.45, 2.75) is 19.9 Å². The molecule has 0 radical (unpaired) electrons. The smallest absolute Gasteiger partial charge is 0.327 e. The Morgan fingerprint density at radius 1 is 1.30 bits per heavy atom. The topological polar surface area (TPSA) is 98.1 Å². The van der Waals surface area contributed by atoms with E-state index in [4.69, 9.17) is 12.2 Å². The van der Waals surface area contributed by atoms with E-state index in [2.05, 4.69) is 0 Å². The van der Waals surface area contributed by atoms with Gasteiger partial charge in [0.1, 0.15) is 10.4 Å². The maximum absolute atomic E-state index is 12.5. The Morgan fingerprint density at radius 3 is 2.48 bits per heavy atom. The number of hydrogen-bond acceptors (Lipinski definition) is 6. The number of aromatic hydroxyl groups is 2. The molecule has 8 heteroatoms. The number of amides is 1. The van der Waals surface area contributed by atoms with E-state index in [1.807, 2.05) is 0 Å². The van der Waals surface area contributed by atoms with Crippen molar-refractivity contribution in [3.05, 3.63) is 28.7 Å². The molecule has 2 rings (SSSR count). The van der Waals surface area contributed by atoms with Crippen LogP contribution in [0.3, 0.4) is 0 Å². The Kier molecular flexibility index (Phi) is 4.96. The van der Waals surface area contributed by atoms with Crippen LogP contribution in [0.2, 0.25) is 0 Å². The van der Waals surface area contributed by atoms with Gasteiger partial charge >= 0.3 is 5.97 Å². The van der Waals surface area contributed by atoms with Gasteiger partial charge < -0.3 is 15.3 Å². The number of hydrogen-bond donors (Lipinski definition) is 3. The molecule has 0 unspecified atom stereocenters. The van der Waals surface area contributed by atoms with Crippen LogP contribution >= 0.6 is 24.0 Å². The quantitative estimate of drug-likeness (QED) is 0.434. The van der Waals surface area contributed by atoms with Gasteiger partial charge in [-0.3, -0.25) is 9.69 Å². The number of aliphatic carboxylic acids is 1. The summed E-state index contributed by atoms with van der Waals surface area (Å²) < 4.78 is 0.186. The number of phenolic OH excluding ortho intramolecular Hbond substituents is 2. The summed E-state index contributed by atoms with van der Waals surface area (Å²) in [5.74, 6) is -2.46. The standard InChI is InChI=1S/C15H15NO5S2/c1-7(2)12(14(20)21)16-13(19)11(23-15(16)22)6-8-3-4-9(17)10(18)5-8/h3-7,12,17-18H,1-2H3,(H,20,21)/b11-6+/t12-/m0/s1. The molecule has 0 aromatic heterocycles. The van der Waals surface area contributed by atoms with Gasteiger partial charge in [0.15, 0.2) is 11.5 Å². The van der Waals surface area contributed by atoms with Gasteiger partial charge in [0.25, 0.3) is 5.91 Å². The summed E-state index contributed by atoms with van der Waals surface area (Å²) in [6.07, 6.45) is 1.50. The number of thioether (sulfide) groups is 1. The molecule has 1 fully saturated rings. The minimum atomic E-state index is -1.11. The predicted octanol–water partition coefficient (Wildman–Crippen LogP) is 2.41. The number of nitrogens with zero attached hydrogens (tertiary/aromatic N) is 1. The molecule has 6 nitrogen and oxygen atoms in total. The van der Waals surface area contributed by atoms with E-state index >= 15 is 0 Å². The van der Waals surface area contributed by atoms with E-state index in [0.717, 1.165) is 16.7 Å². The Hall–Kier alpha value is -2.06. The number of rotatable bonds is 4. The summed E-state index contributed by atoms with van der Waals surface area (Å²) in [6.45, 7) is 3.41. The molecular formula is C15H15NO5S2. The van der Waals surface area contributed by atoms with E-state index in [9.17, 15) is 24.9 Å². The zero-order valence-electron chi connectivity index (χ0n) is 12.4. The summed E-state index contributed by atoms with van der Waals surface area (Å²) in [7, 11) is 0. The first kappa shape index (κ1) is 17.3. The average Bonchev–Trinajstić information content (AvgIpc) is 2.70. The Bertz CT molecular complexity index is 714. The highest BCUT2D eigenvalue weighted by Crippen LogP contribution is 2.36. The lowest BCUT2D eigenvalue weighted by molar-refractivity contribution is -0.146. The van der Waals surface area contributed by atoms with Gasteiger partial charge in [-0.2, -0.15) is 0 Å². The van der Waals surface area contributed by atoms with E-state index in [-0.39, 0.29) is 26.6 Å². The third-order valence-corrected chi connectivity index (χ3v) is 4.61. The van der Waals surface area contributed by atoms with Crippen LogP contribution in [0.25, 0.3) is 6.08 Å². The minimum absolute atomic E-state index is 0.186. The first-order valence-corrected chi connectivity index (χ1v) is 7.96. The van der Waals surface area contributed by atoms with Crippen LogP contribution in [0, 0.1) is 5.92 Å². The van der Waals surface area contributed by atoms with Crippen LogP contribution in [-0.4, -0.2) is 42.5 Å². The number of carboxylic acid groups (broad SMARTS) is 1. The lowest BCUT2D eigenvalue weighted by Crippen LogP contribution is -2.47. The van der Waals surface area contributed by atoms with Crippen LogP contribution in [-0.2, 0) is 9.59 Å². The van der Waals surface area contributed by atoms with E-state index < -0.39 is 17.9 Å². The number of phenols is 2. The van der Waals surface area contributed by atoms with Crippen molar-refractivity contribution in [3.8, 4) is 11.5 Å². The van der Waals surface area contributed by atoms with Crippen molar-refractivity contribution in [2.24, 2.45) is 5.92 Å². The van der Waals surface area contributed by atoms with Crippen LogP contribution < -0.4 is 0 Å². The van der Waals surface area contributed by atoms with Gasteiger partial charge in [0.2, 0.25) is 0 Å². The summed E-state index contributed by atoms with van der Waals surface area (Å²) in [5.41, 5.74) is 0.497. The second-order valence-electron chi connectivity index (χ2n) is 5.33. The lowest BCUT2D eigenvalue weighted by atomic mass is 10.0. The van der Waals surface area contributed by atoms with Gasteiger partial charge in [-0.15, -0.1) is 0 Å². The van der Waals surface area contributed by atoms with Gasteiger partial charge in [0, 0.05) is 0 Å². The molecule has 0 saturated carbocycles. The molecular weight excluding hydrogens is 338 g/mol. The molecule has 1 aromatic rings. The average molecular weight is 353 g/mol. The fourth-order valence-corrected chi connectivity index (χ4v) is 3.52. The van der Waals surface area contributed by atoms with Gasteiger partial charge in [0.05, 0.1) is 4.91 Å². The molecule has 1 aliphatic rings. The van der Waals surface area contributed by atoms with Crippen LogP contribution in [0.5, 0.6) is 11.5 Å². The third kappa shape index (κ3) is 3.48. The second kappa shape index (κ2) is 6.59. The minimum Gasteiger partial charge on any atom is -0.504 e. The number of thiocarbonyl (C=S) groups is 1. The normalized spacial score (nSPS) is 18.0. The molecule has 23 heavy (non-hydrogen) atoms. The molecule has 1 atom stereocenters. The van der Waals surface area contributed by atoms with E-state index in [1.165, 1.54) is 24.3 Å². The maximum Gasteiger partial charge on any atom is 0.327 e. The van der Waals surface area contributed by atoms with Crippen LogP contribution in [0.1, 0.15) is 19.4 Å². The van der Waals surface area contributed by atoms with Crippen molar-refractivity contribution in [2.75, 3.05) is 0 Å². The molecule has 1 saturated heterocycles. The van der Waals surface area contributed by atoms with Crippen LogP contribution in [0.4, 0.5) is 0 Å². The van der Waals surface area contributed by atoms with E-state index in [0.29, 0.717) is 5.56 Å². The number of benzene rings is 1. The molecule has 0 spiro atoms. The van der Waals surface area contributed by atoms with Crippen molar-refractivity contribution in [1.82, 2.24) is 4.90 Å². The number of carboxylic acids is 1. The molecule has 1 amide bonds. The predicted molar refractivity (Wildman–Crippen MR) is 91.0 cm³/mol. The number of carbonyl (C=O) groups is 2. The highest BCUT2D eigenvalue weighted by molar-refractivity contribution is 8.26. The fraction of sp³-hybridized carbons (Fsp3) is 0.267. The molecule has 1 aromatic carbocycles. The summed E-state index contributed by atoms with van der Waals surface area (Å²) in [6, 6.07) is 3.11. The van der Waals surface area contributed by atoms with Crippen molar-refractivity contribution >= 4 is 46.3 Å². The summed E-state index contributed by atoms with van der Waals surface area (Å²) >= 11 is 6.16. The van der Waals surface area contributed by atoms with Crippen molar-refractivity contribution in [3.63, 3.8) is 0 Å². The summed E-state index contributed by atoms with van der Waals surface area (Å²) in [4.78, 5) is 25.3. The zero-order valence-corrected chi connectivity index (χ0v) is 14.0. The molecule has 0 aliphatic carbocycles. The SMILES string of the molecule is CC(C)[C@@H](C(=O)O)N1C(=O)/C(=C\c2ccc(O)c(O)c2)SC1=S. The molecule has 3 N–H and O–H groups in total. The Balaban J connectivity index is 2.35. The van der Waals surface area contributed by atoms with Crippen molar-refractivity contribution in [1.29, 1.82) is 0 Å². The number of carbonyl (C=O) groups excluding carboxylic acids is 1. The monoisotopic (exact) mass is 353 g/mol. The fourth-order valence-electron chi connectivity index (χ4n) is 2.19. The highest BCUT2D eigenvalue weighted by Gasteiger charge is 2.41. The molecule has 1 aliphatic heterocycles. The summed E-state index contributed by atoms with van der Waals surface area (Å²) in [5, 5.41) is 28.1. The molecule has 1 heterocycles. The Labute approximate surface area is 142 Å². The third-order valence-electron chi connectivity index (χ3n) is 3.28. The van der Waals surface area contributed by atoms with Gasteiger partial charge in [-0.05, 0) is 29.7 Å². The van der Waals surface area contributed by atoms with Crippen LogP contribution in [0.15, 0.2) is 23.1 Å². The highest BCUT2D eigenvalue weighted by atomic mass is 32.2. The first-order valence-electron chi connectivity index (χ1n) is 6.74. The second-order valence-corrected chi connectivity index (χ2v) is 7.00. The molecule has 122 valence electrons. The Morgan fingerprint density at radius 2 is 1.96 bits per heavy atom. The van der Waals surface area contributed by atoms with Gasteiger partial charge in [-0.1, -0.05) is 43.9 Å². The largest absolute Gasteiger partial charge is 0.504 e.